The zero-order chi connectivity index (χ0) is 18.8. The van der Waals surface area contributed by atoms with Gasteiger partial charge in [0.1, 0.15) is 0 Å². The van der Waals surface area contributed by atoms with Crippen molar-refractivity contribution in [1.82, 2.24) is 0 Å². The SMILES string of the molecule is C=CCN(c1ccc(Br)c(C)c1)S(=O)(=O)c1cc([N+](=O)[O-])ccc1C. The zero-order valence-corrected chi connectivity index (χ0v) is 16.2. The third kappa shape index (κ3) is 3.91. The molecule has 0 fully saturated rings. The summed E-state index contributed by atoms with van der Waals surface area (Å²) < 4.78 is 28.4. The summed E-state index contributed by atoms with van der Waals surface area (Å²) in [5.41, 5.74) is 1.51. The summed E-state index contributed by atoms with van der Waals surface area (Å²) in [5, 5.41) is 11.0. The van der Waals surface area contributed by atoms with Crippen LogP contribution in [0.4, 0.5) is 11.4 Å². The number of nitrogens with zero attached hydrogens (tertiary/aromatic N) is 2. The Morgan fingerprint density at radius 1 is 1.20 bits per heavy atom. The maximum atomic E-state index is 13.2. The maximum absolute atomic E-state index is 13.2. The van der Waals surface area contributed by atoms with Crippen molar-refractivity contribution in [3.63, 3.8) is 0 Å². The summed E-state index contributed by atoms with van der Waals surface area (Å²) in [5.74, 6) is 0. The van der Waals surface area contributed by atoms with Gasteiger partial charge in [-0.15, -0.1) is 6.58 Å². The Hall–Kier alpha value is -2.19. The second-order valence-electron chi connectivity index (χ2n) is 5.47. The Bertz CT molecular complexity index is 942. The van der Waals surface area contributed by atoms with Crippen LogP contribution in [-0.2, 0) is 10.0 Å². The van der Waals surface area contributed by atoms with Crippen molar-refractivity contribution in [3.05, 3.63) is 74.8 Å². The van der Waals surface area contributed by atoms with Gasteiger partial charge in [-0.1, -0.05) is 28.1 Å². The molecule has 2 aromatic rings. The summed E-state index contributed by atoms with van der Waals surface area (Å²) in [7, 11) is -3.99. The van der Waals surface area contributed by atoms with Crippen LogP contribution in [0.3, 0.4) is 0 Å². The Balaban J connectivity index is 2.64. The highest BCUT2D eigenvalue weighted by molar-refractivity contribution is 9.10. The molecule has 8 heteroatoms. The van der Waals surface area contributed by atoms with Gasteiger partial charge in [-0.25, -0.2) is 8.42 Å². The van der Waals surface area contributed by atoms with Gasteiger partial charge in [0.05, 0.1) is 22.1 Å². The van der Waals surface area contributed by atoms with Crippen LogP contribution in [0.1, 0.15) is 11.1 Å². The second kappa shape index (κ2) is 7.37. The molecule has 0 spiro atoms. The molecule has 0 amide bonds. The molecule has 0 bridgehead atoms. The molecular weight excluding hydrogens is 408 g/mol. The van der Waals surface area contributed by atoms with Gasteiger partial charge in [-0.05, 0) is 43.2 Å². The van der Waals surface area contributed by atoms with Crippen molar-refractivity contribution in [2.45, 2.75) is 18.7 Å². The molecule has 132 valence electrons. The smallest absolute Gasteiger partial charge is 0.263 e. The van der Waals surface area contributed by atoms with Crippen LogP contribution in [0, 0.1) is 24.0 Å². The highest BCUT2D eigenvalue weighted by Gasteiger charge is 2.27. The van der Waals surface area contributed by atoms with E-state index in [0.29, 0.717) is 11.3 Å². The number of aryl methyl sites for hydroxylation is 2. The van der Waals surface area contributed by atoms with Gasteiger partial charge >= 0.3 is 0 Å². The Morgan fingerprint density at radius 3 is 2.44 bits per heavy atom. The van der Waals surface area contributed by atoms with Gasteiger partial charge < -0.3 is 0 Å². The molecule has 2 aromatic carbocycles. The first-order valence-electron chi connectivity index (χ1n) is 7.33. The molecule has 2 rings (SSSR count). The number of nitro benzene ring substituents is 1. The van der Waals surface area contributed by atoms with Crippen LogP contribution in [0.5, 0.6) is 0 Å². The summed E-state index contributed by atoms with van der Waals surface area (Å²) in [6, 6.07) is 8.98. The molecule has 0 aliphatic heterocycles. The van der Waals surface area contributed by atoms with Gasteiger partial charge in [-0.2, -0.15) is 0 Å². The lowest BCUT2D eigenvalue weighted by atomic mass is 10.2. The number of nitro groups is 1. The third-order valence-electron chi connectivity index (χ3n) is 3.68. The lowest BCUT2D eigenvalue weighted by Crippen LogP contribution is -2.31. The lowest BCUT2D eigenvalue weighted by Gasteiger charge is -2.24. The van der Waals surface area contributed by atoms with Crippen LogP contribution in [-0.4, -0.2) is 19.9 Å². The summed E-state index contributed by atoms with van der Waals surface area (Å²) in [6.45, 7) is 7.12. The first kappa shape index (κ1) is 19.1. The van der Waals surface area contributed by atoms with Crippen molar-refractivity contribution < 1.29 is 13.3 Å². The molecule has 0 saturated heterocycles. The van der Waals surface area contributed by atoms with Gasteiger partial charge in [-0.3, -0.25) is 14.4 Å². The molecular formula is C17H17BrN2O4S. The minimum atomic E-state index is -3.99. The molecule has 0 N–H and O–H groups in total. The minimum absolute atomic E-state index is 0.0472. The average Bonchev–Trinajstić information content (AvgIpc) is 2.55. The van der Waals surface area contributed by atoms with Crippen LogP contribution < -0.4 is 4.31 Å². The van der Waals surface area contributed by atoms with Crippen LogP contribution >= 0.6 is 15.9 Å². The number of sulfonamides is 1. The topological polar surface area (TPSA) is 80.5 Å². The van der Waals surface area contributed by atoms with Gasteiger partial charge in [0.2, 0.25) is 0 Å². The van der Waals surface area contributed by atoms with E-state index >= 15 is 0 Å². The van der Waals surface area contributed by atoms with E-state index in [2.05, 4.69) is 22.5 Å². The highest BCUT2D eigenvalue weighted by atomic mass is 79.9. The molecule has 0 aliphatic carbocycles. The van der Waals surface area contributed by atoms with E-state index in [0.717, 1.165) is 16.1 Å². The van der Waals surface area contributed by atoms with E-state index in [1.165, 1.54) is 22.5 Å². The van der Waals surface area contributed by atoms with Crippen molar-refractivity contribution in [3.8, 4) is 0 Å². The molecule has 0 saturated carbocycles. The molecule has 0 radical (unpaired) electrons. The molecule has 0 unspecified atom stereocenters. The Labute approximate surface area is 155 Å². The highest BCUT2D eigenvalue weighted by Crippen LogP contribution is 2.30. The van der Waals surface area contributed by atoms with Gasteiger partial charge in [0.15, 0.2) is 0 Å². The summed E-state index contributed by atoms with van der Waals surface area (Å²) >= 11 is 3.39. The molecule has 0 atom stereocenters. The predicted molar refractivity (Wildman–Crippen MR) is 101 cm³/mol. The van der Waals surface area contributed by atoms with Gasteiger partial charge in [0, 0.05) is 16.6 Å². The van der Waals surface area contributed by atoms with Crippen LogP contribution in [0.2, 0.25) is 0 Å². The number of rotatable bonds is 6. The second-order valence-corrected chi connectivity index (χ2v) is 8.15. The van der Waals surface area contributed by atoms with E-state index < -0.39 is 14.9 Å². The summed E-state index contributed by atoms with van der Waals surface area (Å²) in [4.78, 5) is 10.3. The van der Waals surface area contributed by atoms with E-state index in [-0.39, 0.29) is 17.1 Å². The van der Waals surface area contributed by atoms with Crippen molar-refractivity contribution in [1.29, 1.82) is 0 Å². The molecule has 6 nitrogen and oxygen atoms in total. The number of benzene rings is 2. The van der Waals surface area contributed by atoms with Crippen LogP contribution in [0.15, 0.2) is 58.4 Å². The van der Waals surface area contributed by atoms with E-state index in [1.807, 2.05) is 6.92 Å². The van der Waals surface area contributed by atoms with Gasteiger partial charge in [0.25, 0.3) is 15.7 Å². The Kier molecular flexibility index (Phi) is 5.64. The Morgan fingerprint density at radius 2 is 1.88 bits per heavy atom. The standard InChI is InChI=1S/C17H17BrN2O4S/c1-4-9-19(14-7-8-16(18)13(3)10-14)25(23,24)17-11-15(20(21)22)6-5-12(17)2/h4-8,10-11H,1,9H2,2-3H3. The van der Waals surface area contributed by atoms with E-state index in [9.17, 15) is 18.5 Å². The first-order chi connectivity index (χ1) is 11.7. The van der Waals surface area contributed by atoms with E-state index in [1.54, 1.807) is 25.1 Å². The molecule has 25 heavy (non-hydrogen) atoms. The van der Waals surface area contributed by atoms with Crippen molar-refractivity contribution in [2.24, 2.45) is 0 Å². The molecule has 0 aromatic heterocycles. The first-order valence-corrected chi connectivity index (χ1v) is 9.56. The quantitative estimate of drug-likeness (QED) is 0.391. The van der Waals surface area contributed by atoms with Crippen molar-refractivity contribution >= 4 is 37.3 Å². The average molecular weight is 425 g/mol. The predicted octanol–water partition coefficient (Wildman–Crippen LogP) is 4.36. The monoisotopic (exact) mass is 424 g/mol. The maximum Gasteiger partial charge on any atom is 0.270 e. The van der Waals surface area contributed by atoms with Crippen molar-refractivity contribution in [2.75, 3.05) is 10.8 Å². The number of non-ortho nitro benzene ring substituents is 1. The molecule has 0 aliphatic rings. The fraction of sp³-hybridized carbons (Fsp3) is 0.176. The van der Waals surface area contributed by atoms with E-state index in [4.69, 9.17) is 0 Å². The normalized spacial score (nSPS) is 11.2. The zero-order valence-electron chi connectivity index (χ0n) is 13.8. The lowest BCUT2D eigenvalue weighted by molar-refractivity contribution is -0.385. The number of anilines is 1. The number of hydrogen-bond acceptors (Lipinski definition) is 4. The number of halogens is 1. The minimum Gasteiger partial charge on any atom is -0.263 e. The summed E-state index contributed by atoms with van der Waals surface area (Å²) in [6.07, 6.45) is 1.47. The third-order valence-corrected chi connectivity index (χ3v) is 6.50. The fourth-order valence-electron chi connectivity index (χ4n) is 2.34. The molecule has 0 heterocycles. The van der Waals surface area contributed by atoms with Crippen LogP contribution in [0.25, 0.3) is 0 Å². The number of hydrogen-bond donors (Lipinski definition) is 0. The largest absolute Gasteiger partial charge is 0.270 e. The fourth-order valence-corrected chi connectivity index (χ4v) is 4.26.